The fraction of sp³-hybridized carbons (Fsp3) is 0.579. The Balaban J connectivity index is 1.90. The summed E-state index contributed by atoms with van der Waals surface area (Å²) in [7, 11) is 0. The van der Waals surface area contributed by atoms with E-state index in [4.69, 9.17) is 0 Å². The molecule has 0 saturated carbocycles. The summed E-state index contributed by atoms with van der Waals surface area (Å²) < 4.78 is 0. The molecule has 1 aromatic rings. The smallest absolute Gasteiger partial charge is 0.245 e. The van der Waals surface area contributed by atoms with Crippen LogP contribution in [-0.2, 0) is 16.1 Å². The molecular weight excluding hydrogens is 302 g/mol. The average molecular weight is 331 g/mol. The van der Waals surface area contributed by atoms with Gasteiger partial charge in [-0.2, -0.15) is 0 Å². The van der Waals surface area contributed by atoms with Gasteiger partial charge < -0.3 is 10.2 Å². The largest absolute Gasteiger partial charge is 0.344 e. The van der Waals surface area contributed by atoms with Crippen LogP contribution in [-0.4, -0.2) is 53.8 Å². The number of piperazine rings is 1. The van der Waals surface area contributed by atoms with Crippen LogP contribution in [0, 0.1) is 12.8 Å². The van der Waals surface area contributed by atoms with Crippen LogP contribution in [0.4, 0.5) is 0 Å². The first-order valence-corrected chi connectivity index (χ1v) is 8.71. The highest BCUT2D eigenvalue weighted by molar-refractivity contribution is 5.87. The first kappa shape index (κ1) is 18.5. The highest BCUT2D eigenvalue weighted by atomic mass is 16.2. The molecule has 5 nitrogen and oxygen atoms in total. The fourth-order valence-corrected chi connectivity index (χ4v) is 3.08. The summed E-state index contributed by atoms with van der Waals surface area (Å²) in [5, 5.41) is 2.79. The van der Waals surface area contributed by atoms with E-state index >= 15 is 0 Å². The summed E-state index contributed by atoms with van der Waals surface area (Å²) in [6, 6.07) is 8.01. The van der Waals surface area contributed by atoms with E-state index in [1.54, 1.807) is 0 Å². The van der Waals surface area contributed by atoms with E-state index in [0.717, 1.165) is 19.6 Å². The summed E-state index contributed by atoms with van der Waals surface area (Å²) in [5.41, 5.74) is 2.65. The quantitative estimate of drug-likeness (QED) is 0.895. The van der Waals surface area contributed by atoms with E-state index in [-0.39, 0.29) is 17.7 Å². The number of nitrogens with zero attached hydrogens (tertiary/aromatic N) is 2. The second kappa shape index (κ2) is 8.29. The molecule has 1 fully saturated rings. The van der Waals surface area contributed by atoms with Gasteiger partial charge in [-0.05, 0) is 24.0 Å². The lowest BCUT2D eigenvalue weighted by Crippen LogP contribution is -2.56. The van der Waals surface area contributed by atoms with Gasteiger partial charge in [-0.25, -0.2) is 0 Å². The van der Waals surface area contributed by atoms with E-state index in [0.29, 0.717) is 13.1 Å². The van der Waals surface area contributed by atoms with Crippen molar-refractivity contribution in [2.45, 2.75) is 40.3 Å². The molecule has 132 valence electrons. The van der Waals surface area contributed by atoms with Gasteiger partial charge in [0.1, 0.15) is 6.04 Å². The molecule has 2 rings (SSSR count). The molecule has 1 aliphatic rings. The van der Waals surface area contributed by atoms with E-state index in [1.807, 2.05) is 18.7 Å². The Kier molecular flexibility index (Phi) is 6.37. The minimum absolute atomic E-state index is 0.0377. The maximum atomic E-state index is 12.7. The maximum Gasteiger partial charge on any atom is 0.245 e. The second-order valence-corrected chi connectivity index (χ2v) is 6.95. The van der Waals surface area contributed by atoms with Crippen LogP contribution in [0.3, 0.4) is 0 Å². The van der Waals surface area contributed by atoms with Crippen LogP contribution in [0.2, 0.25) is 0 Å². The van der Waals surface area contributed by atoms with Gasteiger partial charge in [-0.15, -0.1) is 0 Å². The van der Waals surface area contributed by atoms with Crippen molar-refractivity contribution in [3.8, 4) is 0 Å². The zero-order chi connectivity index (χ0) is 17.7. The van der Waals surface area contributed by atoms with Crippen LogP contribution in [0.5, 0.6) is 0 Å². The average Bonchev–Trinajstić information content (AvgIpc) is 2.54. The van der Waals surface area contributed by atoms with E-state index in [2.05, 4.69) is 41.4 Å². The molecule has 0 spiro atoms. The van der Waals surface area contributed by atoms with Gasteiger partial charge in [0.15, 0.2) is 0 Å². The zero-order valence-electron chi connectivity index (χ0n) is 15.2. The van der Waals surface area contributed by atoms with Crippen LogP contribution < -0.4 is 5.32 Å². The number of hydrogen-bond donors (Lipinski definition) is 1. The molecule has 0 aromatic heterocycles. The van der Waals surface area contributed by atoms with Crippen molar-refractivity contribution < 1.29 is 9.59 Å². The Morgan fingerprint density at radius 2 is 1.75 bits per heavy atom. The number of carbonyl (C=O) groups excluding carboxylic acids is 2. The monoisotopic (exact) mass is 331 g/mol. The topological polar surface area (TPSA) is 52.7 Å². The van der Waals surface area contributed by atoms with Gasteiger partial charge in [-0.1, -0.05) is 38.1 Å². The van der Waals surface area contributed by atoms with Crippen LogP contribution in [0.15, 0.2) is 24.3 Å². The van der Waals surface area contributed by atoms with E-state index < -0.39 is 6.04 Å². The molecule has 1 aromatic carbocycles. The Morgan fingerprint density at radius 3 is 2.29 bits per heavy atom. The third kappa shape index (κ3) is 4.81. The van der Waals surface area contributed by atoms with E-state index in [1.165, 1.54) is 18.1 Å². The standard InChI is InChI=1S/C19H29N3O2/c1-14(2)18(20-16(4)23)19(24)22-11-9-21(10-12-22)13-17-8-6-5-7-15(17)3/h5-8,14,18H,9-13H2,1-4H3,(H,20,23)/t18-/m1/s1. The number of hydrogen-bond acceptors (Lipinski definition) is 3. The fourth-order valence-electron chi connectivity index (χ4n) is 3.08. The Morgan fingerprint density at radius 1 is 1.12 bits per heavy atom. The molecule has 24 heavy (non-hydrogen) atoms. The Labute approximate surface area is 145 Å². The molecule has 0 unspecified atom stereocenters. The van der Waals surface area contributed by atoms with Crippen molar-refractivity contribution in [1.82, 2.24) is 15.1 Å². The van der Waals surface area contributed by atoms with Crippen LogP contribution in [0.25, 0.3) is 0 Å². The molecule has 1 heterocycles. The van der Waals surface area contributed by atoms with Crippen LogP contribution >= 0.6 is 0 Å². The van der Waals surface area contributed by atoms with Crippen molar-refractivity contribution in [3.63, 3.8) is 0 Å². The minimum Gasteiger partial charge on any atom is -0.344 e. The molecule has 0 aliphatic carbocycles. The van der Waals surface area contributed by atoms with Crippen molar-refractivity contribution in [1.29, 1.82) is 0 Å². The van der Waals surface area contributed by atoms with Crippen LogP contribution in [0.1, 0.15) is 31.9 Å². The first-order chi connectivity index (χ1) is 11.4. The summed E-state index contributed by atoms with van der Waals surface area (Å²) in [4.78, 5) is 28.3. The van der Waals surface area contributed by atoms with Crippen molar-refractivity contribution in [3.05, 3.63) is 35.4 Å². The number of rotatable bonds is 5. The minimum atomic E-state index is -0.426. The summed E-state index contributed by atoms with van der Waals surface area (Å²) >= 11 is 0. The lowest BCUT2D eigenvalue weighted by molar-refractivity contribution is -0.138. The van der Waals surface area contributed by atoms with Crippen molar-refractivity contribution >= 4 is 11.8 Å². The highest BCUT2D eigenvalue weighted by Crippen LogP contribution is 2.14. The van der Waals surface area contributed by atoms with Gasteiger partial charge in [0.2, 0.25) is 11.8 Å². The predicted molar refractivity (Wildman–Crippen MR) is 95.5 cm³/mol. The number of aryl methyl sites for hydroxylation is 1. The molecule has 0 bridgehead atoms. The normalized spacial score (nSPS) is 17.0. The van der Waals surface area contributed by atoms with Crippen molar-refractivity contribution in [2.75, 3.05) is 26.2 Å². The summed E-state index contributed by atoms with van der Waals surface area (Å²) in [6.07, 6.45) is 0. The Bertz CT molecular complexity index is 578. The maximum absolute atomic E-state index is 12.7. The van der Waals surface area contributed by atoms with Crippen molar-refractivity contribution in [2.24, 2.45) is 5.92 Å². The third-order valence-electron chi connectivity index (χ3n) is 4.63. The van der Waals surface area contributed by atoms with E-state index in [9.17, 15) is 9.59 Å². The summed E-state index contributed by atoms with van der Waals surface area (Å²) in [5.74, 6) is -0.0256. The first-order valence-electron chi connectivity index (χ1n) is 8.71. The number of nitrogens with one attached hydrogen (secondary N) is 1. The molecule has 2 amide bonds. The SMILES string of the molecule is CC(=O)N[C@@H](C(=O)N1CCN(Cc2ccccc2C)CC1)C(C)C. The number of amides is 2. The molecule has 1 N–H and O–H groups in total. The lowest BCUT2D eigenvalue weighted by atomic mass is 10.0. The molecular formula is C19H29N3O2. The Hall–Kier alpha value is -1.88. The lowest BCUT2D eigenvalue weighted by Gasteiger charge is -2.37. The molecule has 1 saturated heterocycles. The third-order valence-corrected chi connectivity index (χ3v) is 4.63. The zero-order valence-corrected chi connectivity index (χ0v) is 15.2. The molecule has 1 atom stereocenters. The molecule has 1 aliphatic heterocycles. The van der Waals surface area contributed by atoms with Gasteiger partial charge in [0.05, 0.1) is 0 Å². The predicted octanol–water partition coefficient (Wildman–Crippen LogP) is 1.80. The van der Waals surface area contributed by atoms with Gasteiger partial charge in [0.25, 0.3) is 0 Å². The van der Waals surface area contributed by atoms with Gasteiger partial charge in [0, 0.05) is 39.6 Å². The second-order valence-electron chi connectivity index (χ2n) is 6.95. The molecule has 0 radical (unpaired) electrons. The van der Waals surface area contributed by atoms with Gasteiger partial charge in [-0.3, -0.25) is 14.5 Å². The molecule has 5 heteroatoms. The number of benzene rings is 1. The summed E-state index contributed by atoms with van der Waals surface area (Å²) in [6.45, 7) is 11.6. The number of carbonyl (C=O) groups is 2. The van der Waals surface area contributed by atoms with Gasteiger partial charge >= 0.3 is 0 Å². The highest BCUT2D eigenvalue weighted by Gasteiger charge is 2.30.